The Hall–Kier alpha value is -0.380. The topological polar surface area (TPSA) is 29.1 Å². The molecule has 0 spiro atoms. The van der Waals surface area contributed by atoms with Crippen LogP contribution in [0.15, 0.2) is 24.3 Å². The van der Waals surface area contributed by atoms with Crippen molar-refractivity contribution in [2.45, 2.75) is 5.75 Å². The van der Waals surface area contributed by atoms with E-state index in [-0.39, 0.29) is 0 Å². The van der Waals surface area contributed by atoms with Gasteiger partial charge in [0.15, 0.2) is 0 Å². The molecule has 1 heterocycles. The number of hydrogen-bond acceptors (Lipinski definition) is 2. The van der Waals surface area contributed by atoms with Crippen LogP contribution in [0.3, 0.4) is 0 Å². The second-order valence-corrected chi connectivity index (χ2v) is 5.84. The van der Waals surface area contributed by atoms with E-state index in [1.807, 2.05) is 24.3 Å². The zero-order valence-electron chi connectivity index (χ0n) is 8.41. The first-order valence-corrected chi connectivity index (χ1v) is 6.91. The molecule has 0 amide bonds. The highest BCUT2D eigenvalue weighted by atomic mass is 35.5. The van der Waals surface area contributed by atoms with Crippen molar-refractivity contribution in [1.82, 2.24) is 5.32 Å². The fraction of sp³-hybridized carbons (Fsp3) is 0.455. The van der Waals surface area contributed by atoms with Crippen LogP contribution in [0, 0.1) is 5.92 Å². The lowest BCUT2D eigenvalue weighted by Gasteiger charge is -2.26. The van der Waals surface area contributed by atoms with Gasteiger partial charge in [-0.2, -0.15) is 0 Å². The van der Waals surface area contributed by atoms with E-state index in [0.717, 1.165) is 29.4 Å². The fourth-order valence-corrected chi connectivity index (χ4v) is 3.12. The van der Waals surface area contributed by atoms with Crippen LogP contribution in [-0.4, -0.2) is 23.1 Å². The summed E-state index contributed by atoms with van der Waals surface area (Å²) in [6.07, 6.45) is 0. The van der Waals surface area contributed by atoms with Crippen molar-refractivity contribution in [3.8, 4) is 0 Å². The Morgan fingerprint density at radius 1 is 1.33 bits per heavy atom. The second-order valence-electron chi connectivity index (χ2n) is 3.90. The quantitative estimate of drug-likeness (QED) is 0.874. The molecule has 82 valence electrons. The minimum Gasteiger partial charge on any atom is -0.316 e. The van der Waals surface area contributed by atoms with Crippen molar-refractivity contribution in [1.29, 1.82) is 0 Å². The normalized spacial score (nSPS) is 18.5. The molecule has 0 aliphatic carbocycles. The van der Waals surface area contributed by atoms with Crippen molar-refractivity contribution >= 4 is 22.4 Å². The minimum atomic E-state index is -0.739. The summed E-state index contributed by atoms with van der Waals surface area (Å²) in [6.45, 7) is 2.04. The fourth-order valence-electron chi connectivity index (χ4n) is 1.55. The van der Waals surface area contributed by atoms with Gasteiger partial charge < -0.3 is 5.32 Å². The van der Waals surface area contributed by atoms with Crippen LogP contribution in [0.1, 0.15) is 5.56 Å². The van der Waals surface area contributed by atoms with Gasteiger partial charge in [0.2, 0.25) is 0 Å². The highest BCUT2D eigenvalue weighted by molar-refractivity contribution is 7.84. The Labute approximate surface area is 97.5 Å². The molecule has 1 atom stereocenters. The van der Waals surface area contributed by atoms with Crippen molar-refractivity contribution in [2.24, 2.45) is 5.92 Å². The maximum atomic E-state index is 11.8. The highest BCUT2D eigenvalue weighted by Gasteiger charge is 2.19. The van der Waals surface area contributed by atoms with Gasteiger partial charge in [0.05, 0.1) is 0 Å². The van der Waals surface area contributed by atoms with E-state index in [1.165, 1.54) is 0 Å². The van der Waals surface area contributed by atoms with E-state index in [0.29, 0.717) is 11.7 Å². The molecule has 1 saturated heterocycles. The molecule has 1 unspecified atom stereocenters. The summed E-state index contributed by atoms with van der Waals surface area (Å²) in [4.78, 5) is 0. The molecule has 1 fully saturated rings. The van der Waals surface area contributed by atoms with Gasteiger partial charge in [0.1, 0.15) is 0 Å². The number of rotatable bonds is 4. The van der Waals surface area contributed by atoms with E-state index < -0.39 is 10.8 Å². The van der Waals surface area contributed by atoms with E-state index >= 15 is 0 Å². The predicted octanol–water partition coefficient (Wildman–Crippen LogP) is 1.81. The molecule has 1 N–H and O–H groups in total. The zero-order chi connectivity index (χ0) is 10.7. The molecule has 15 heavy (non-hydrogen) atoms. The molecule has 0 aromatic heterocycles. The Morgan fingerprint density at radius 2 is 2.00 bits per heavy atom. The van der Waals surface area contributed by atoms with Gasteiger partial charge in [-0.15, -0.1) is 0 Å². The third-order valence-corrected chi connectivity index (χ3v) is 4.28. The summed E-state index contributed by atoms with van der Waals surface area (Å²) in [7, 11) is -0.739. The molecule has 1 aliphatic rings. The Kier molecular flexibility index (Phi) is 3.78. The van der Waals surface area contributed by atoms with Crippen LogP contribution in [0.4, 0.5) is 0 Å². The van der Waals surface area contributed by atoms with Crippen molar-refractivity contribution in [3.05, 3.63) is 34.9 Å². The SMILES string of the molecule is O=S(Cc1ccc(Cl)cc1)CC1CNC1. The largest absolute Gasteiger partial charge is 0.316 e. The molecule has 0 radical (unpaired) electrons. The van der Waals surface area contributed by atoms with Crippen LogP contribution >= 0.6 is 11.6 Å². The van der Waals surface area contributed by atoms with E-state index in [1.54, 1.807) is 0 Å². The summed E-state index contributed by atoms with van der Waals surface area (Å²) in [5.74, 6) is 2.07. The minimum absolute atomic E-state index is 0.609. The molecule has 1 aromatic rings. The number of halogens is 1. The van der Waals surface area contributed by atoms with Crippen LogP contribution in [0.2, 0.25) is 5.02 Å². The van der Waals surface area contributed by atoms with Crippen molar-refractivity contribution < 1.29 is 4.21 Å². The molecular weight excluding hydrogens is 230 g/mol. The second kappa shape index (κ2) is 5.10. The number of benzene rings is 1. The maximum Gasteiger partial charge on any atom is 0.0485 e. The lowest BCUT2D eigenvalue weighted by Crippen LogP contribution is -2.44. The standard InChI is InChI=1S/C11H14ClNOS/c12-11-3-1-9(2-4-11)7-15(14)8-10-5-13-6-10/h1-4,10,13H,5-8H2. The Bertz CT molecular complexity index is 348. The molecule has 1 aromatic carbocycles. The Balaban J connectivity index is 1.84. The lowest BCUT2D eigenvalue weighted by atomic mass is 10.1. The monoisotopic (exact) mass is 243 g/mol. The zero-order valence-corrected chi connectivity index (χ0v) is 9.98. The molecule has 2 rings (SSSR count). The summed E-state index contributed by atoms with van der Waals surface area (Å²) >= 11 is 5.78. The first-order chi connectivity index (χ1) is 7.24. The van der Waals surface area contributed by atoms with Crippen LogP contribution in [0.5, 0.6) is 0 Å². The molecule has 0 saturated carbocycles. The van der Waals surface area contributed by atoms with Gasteiger partial charge in [-0.1, -0.05) is 23.7 Å². The predicted molar refractivity (Wildman–Crippen MR) is 64.5 cm³/mol. The van der Waals surface area contributed by atoms with Crippen LogP contribution < -0.4 is 5.32 Å². The maximum absolute atomic E-state index is 11.8. The third kappa shape index (κ3) is 3.30. The van der Waals surface area contributed by atoms with Crippen molar-refractivity contribution in [3.63, 3.8) is 0 Å². The highest BCUT2D eigenvalue weighted by Crippen LogP contribution is 2.13. The summed E-state index contributed by atoms with van der Waals surface area (Å²) in [6, 6.07) is 7.58. The first-order valence-electron chi connectivity index (χ1n) is 5.04. The third-order valence-electron chi connectivity index (χ3n) is 2.53. The number of nitrogens with one attached hydrogen (secondary N) is 1. The average molecular weight is 244 g/mol. The van der Waals surface area contributed by atoms with Gasteiger partial charge in [-0.3, -0.25) is 4.21 Å². The van der Waals surface area contributed by atoms with E-state index in [2.05, 4.69) is 5.32 Å². The summed E-state index contributed by atoms with van der Waals surface area (Å²) in [5, 5.41) is 3.92. The average Bonchev–Trinajstić information content (AvgIpc) is 2.16. The number of hydrogen-bond donors (Lipinski definition) is 1. The van der Waals surface area contributed by atoms with Gasteiger partial charge in [-0.05, 0) is 23.6 Å². The van der Waals surface area contributed by atoms with E-state index in [9.17, 15) is 4.21 Å². The smallest absolute Gasteiger partial charge is 0.0485 e. The van der Waals surface area contributed by atoms with Gasteiger partial charge in [0.25, 0.3) is 0 Å². The molecular formula is C11H14ClNOS. The van der Waals surface area contributed by atoms with E-state index in [4.69, 9.17) is 11.6 Å². The van der Waals surface area contributed by atoms with Crippen LogP contribution in [-0.2, 0) is 16.6 Å². The molecule has 2 nitrogen and oxygen atoms in total. The summed E-state index contributed by atoms with van der Waals surface area (Å²) in [5.41, 5.74) is 1.10. The van der Waals surface area contributed by atoms with Gasteiger partial charge >= 0.3 is 0 Å². The van der Waals surface area contributed by atoms with Crippen LogP contribution in [0.25, 0.3) is 0 Å². The molecule has 0 bridgehead atoms. The van der Waals surface area contributed by atoms with Gasteiger partial charge in [-0.25, -0.2) is 0 Å². The van der Waals surface area contributed by atoms with Crippen molar-refractivity contribution in [2.75, 3.05) is 18.8 Å². The Morgan fingerprint density at radius 3 is 2.53 bits per heavy atom. The first kappa shape index (κ1) is 11.1. The summed E-state index contributed by atoms with van der Waals surface area (Å²) < 4.78 is 11.8. The lowest BCUT2D eigenvalue weighted by molar-refractivity contribution is 0.382. The van der Waals surface area contributed by atoms with Gasteiger partial charge in [0, 0.05) is 40.4 Å². The molecule has 1 aliphatic heterocycles. The molecule has 4 heteroatoms.